The topological polar surface area (TPSA) is 137 Å². The zero-order valence-electron chi connectivity index (χ0n) is 19.2. The second kappa shape index (κ2) is 11.4. The van der Waals surface area contributed by atoms with Gasteiger partial charge in [-0.05, 0) is 24.3 Å². The molecular weight excluding hydrogens is 520 g/mol. The molecule has 1 unspecified atom stereocenters. The van der Waals surface area contributed by atoms with E-state index in [4.69, 9.17) is 26.1 Å². The lowest BCUT2D eigenvalue weighted by Crippen LogP contribution is -2.21. The third kappa shape index (κ3) is 7.14. The van der Waals surface area contributed by atoms with E-state index < -0.39 is 29.9 Å². The number of nitrogens with two attached hydrogens (primary N) is 2. The minimum absolute atomic E-state index is 0.229. The van der Waals surface area contributed by atoms with Gasteiger partial charge in [0.25, 0.3) is 0 Å². The van der Waals surface area contributed by atoms with Gasteiger partial charge in [-0.1, -0.05) is 30.3 Å². The number of aliphatic carboxylic acids is 1. The zero-order valence-corrected chi connectivity index (χ0v) is 19.2. The third-order valence-electron chi connectivity index (χ3n) is 4.95. The maximum atomic E-state index is 12.8. The van der Waals surface area contributed by atoms with Gasteiger partial charge in [0.1, 0.15) is 11.8 Å². The molecule has 8 nitrogen and oxygen atoms in total. The van der Waals surface area contributed by atoms with Crippen LogP contribution < -0.4 is 16.2 Å². The normalized spacial score (nSPS) is 12.4. The summed E-state index contributed by atoms with van der Waals surface area (Å²) in [5, 5.41) is 7.97. The van der Waals surface area contributed by atoms with Gasteiger partial charge in [-0.3, -0.25) is 0 Å². The van der Waals surface area contributed by atoms with Gasteiger partial charge >= 0.3 is 18.3 Å². The highest BCUT2D eigenvalue weighted by Crippen LogP contribution is 2.32. The van der Waals surface area contributed by atoms with Crippen LogP contribution in [0.3, 0.4) is 0 Å². The van der Waals surface area contributed by atoms with Gasteiger partial charge in [0.2, 0.25) is 5.88 Å². The van der Waals surface area contributed by atoms with Crippen LogP contribution in [0.1, 0.15) is 17.3 Å². The molecule has 4 aromatic rings. The van der Waals surface area contributed by atoms with Crippen molar-refractivity contribution in [2.45, 2.75) is 18.4 Å². The van der Waals surface area contributed by atoms with E-state index in [9.17, 15) is 26.3 Å². The number of carbonyl (C=O) groups is 1. The average molecular weight is 539 g/mol. The number of carboxylic acid groups (broad SMARTS) is 1. The summed E-state index contributed by atoms with van der Waals surface area (Å²) in [6.45, 7) is 0.254. The maximum Gasteiger partial charge on any atom is 0.490 e. The second-order valence-electron chi connectivity index (χ2n) is 7.63. The predicted octanol–water partition coefficient (Wildman–Crippen LogP) is 5.09. The fourth-order valence-corrected chi connectivity index (χ4v) is 3.04. The largest absolute Gasteiger partial charge is 0.490 e. The number of benzene rings is 2. The van der Waals surface area contributed by atoms with Gasteiger partial charge in [-0.2, -0.15) is 26.3 Å². The number of hydrogen-bond acceptors (Lipinski definition) is 7. The predicted molar refractivity (Wildman–Crippen MR) is 124 cm³/mol. The molecule has 0 radical (unpaired) electrons. The number of alkyl halides is 6. The molecule has 0 amide bonds. The molecule has 1 atom stereocenters. The molecule has 2 aromatic carbocycles. The van der Waals surface area contributed by atoms with Crippen molar-refractivity contribution in [3.8, 4) is 22.9 Å². The molecule has 0 aliphatic heterocycles. The van der Waals surface area contributed by atoms with Crippen LogP contribution in [0.4, 0.5) is 26.3 Å². The number of aromatic nitrogens is 3. The van der Waals surface area contributed by atoms with E-state index in [-0.39, 0.29) is 12.4 Å². The Hall–Kier alpha value is -4.30. The van der Waals surface area contributed by atoms with E-state index in [1.165, 1.54) is 18.5 Å². The van der Waals surface area contributed by atoms with Gasteiger partial charge in [0.15, 0.2) is 5.75 Å². The summed E-state index contributed by atoms with van der Waals surface area (Å²) in [6, 6.07) is 15.0. The number of fused-ring (bicyclic) bond motifs is 1. The number of carboxylic acids is 1. The van der Waals surface area contributed by atoms with Crippen LogP contribution >= 0.6 is 0 Å². The Balaban J connectivity index is 0.000000505. The highest BCUT2D eigenvalue weighted by Gasteiger charge is 2.38. The molecule has 38 heavy (non-hydrogen) atoms. The first-order chi connectivity index (χ1) is 17.8. The number of ether oxygens (including phenoxy) is 1. The van der Waals surface area contributed by atoms with E-state index in [0.717, 1.165) is 17.5 Å². The molecule has 2 heterocycles. The smallest absolute Gasteiger partial charge is 0.475 e. The van der Waals surface area contributed by atoms with Gasteiger partial charge < -0.3 is 21.3 Å². The Morgan fingerprint density at radius 2 is 1.63 bits per heavy atom. The van der Waals surface area contributed by atoms with Crippen molar-refractivity contribution in [2.24, 2.45) is 11.5 Å². The summed E-state index contributed by atoms with van der Waals surface area (Å²) in [7, 11) is 0. The SMILES string of the molecule is NCC(N)c1ccc2cccc(Oc3cc(-c4ccc(C(F)(F)F)cc4)ncn3)c2n1.O=C(O)C(F)(F)F. The first kappa shape index (κ1) is 28.3. The van der Waals surface area contributed by atoms with E-state index in [2.05, 4.69) is 15.0 Å². The molecule has 2 aromatic heterocycles. The number of hydrogen-bond donors (Lipinski definition) is 3. The summed E-state index contributed by atoms with van der Waals surface area (Å²) in [5.41, 5.74) is 13.1. The molecule has 0 spiro atoms. The molecule has 0 fully saturated rings. The van der Waals surface area contributed by atoms with Crippen LogP contribution in [-0.2, 0) is 11.0 Å². The quantitative estimate of drug-likeness (QED) is 0.298. The number of halogens is 6. The lowest BCUT2D eigenvalue weighted by atomic mass is 10.1. The fraction of sp³-hybridized carbons (Fsp3) is 0.167. The first-order valence-electron chi connectivity index (χ1n) is 10.6. The highest BCUT2D eigenvalue weighted by molar-refractivity contribution is 5.85. The van der Waals surface area contributed by atoms with Crippen LogP contribution in [0.25, 0.3) is 22.2 Å². The highest BCUT2D eigenvalue weighted by atomic mass is 19.4. The Labute approximate surface area is 210 Å². The molecular formula is C24H19F6N5O3. The van der Waals surface area contributed by atoms with Crippen LogP contribution in [0.15, 0.2) is 67.0 Å². The average Bonchev–Trinajstić information content (AvgIpc) is 2.88. The van der Waals surface area contributed by atoms with Gasteiger partial charge in [0, 0.05) is 23.6 Å². The van der Waals surface area contributed by atoms with Gasteiger partial charge in [0.05, 0.1) is 23.0 Å². The van der Waals surface area contributed by atoms with Crippen molar-refractivity contribution < 1.29 is 41.0 Å². The summed E-state index contributed by atoms with van der Waals surface area (Å²) < 4.78 is 76.0. The summed E-state index contributed by atoms with van der Waals surface area (Å²) in [6.07, 6.45) is -8.19. The van der Waals surface area contributed by atoms with Crippen molar-refractivity contribution in [2.75, 3.05) is 6.54 Å². The van der Waals surface area contributed by atoms with E-state index >= 15 is 0 Å². The molecule has 0 saturated carbocycles. The Morgan fingerprint density at radius 1 is 0.974 bits per heavy atom. The molecule has 0 saturated heterocycles. The standard InChI is InChI=1S/C22H18F3N5O.C2HF3O2/c23-22(24,25)15-7-4-13(5-8-15)18-10-20(29-12-28-18)31-19-3-1-2-14-6-9-17(16(27)11-26)30-21(14)19;3-2(4,5)1(6)7/h1-10,12,16H,11,26-27H2;(H,6,7). The van der Waals surface area contributed by atoms with Crippen LogP contribution in [0.5, 0.6) is 11.6 Å². The van der Waals surface area contributed by atoms with Crippen molar-refractivity contribution >= 4 is 16.9 Å². The monoisotopic (exact) mass is 539 g/mol. The minimum Gasteiger partial charge on any atom is -0.475 e. The van der Waals surface area contributed by atoms with E-state index in [1.54, 1.807) is 12.1 Å². The fourth-order valence-electron chi connectivity index (χ4n) is 3.04. The molecule has 5 N–H and O–H groups in total. The van der Waals surface area contributed by atoms with Crippen LogP contribution in [0.2, 0.25) is 0 Å². The number of para-hydroxylation sites is 1. The van der Waals surface area contributed by atoms with E-state index in [1.807, 2.05) is 24.3 Å². The lowest BCUT2D eigenvalue weighted by Gasteiger charge is -2.12. The summed E-state index contributed by atoms with van der Waals surface area (Å²) in [4.78, 5) is 21.7. The minimum atomic E-state index is -5.08. The molecule has 14 heteroatoms. The first-order valence-corrected chi connectivity index (χ1v) is 10.6. The molecule has 200 valence electrons. The lowest BCUT2D eigenvalue weighted by molar-refractivity contribution is -0.192. The maximum absolute atomic E-state index is 12.8. The molecule has 4 rings (SSSR count). The van der Waals surface area contributed by atoms with Crippen LogP contribution in [0, 0.1) is 0 Å². The Kier molecular flexibility index (Phi) is 8.48. The third-order valence-corrected chi connectivity index (χ3v) is 4.95. The second-order valence-corrected chi connectivity index (χ2v) is 7.63. The zero-order chi connectivity index (χ0) is 28.1. The number of pyridine rings is 1. The summed E-state index contributed by atoms with van der Waals surface area (Å²) in [5.74, 6) is -2.07. The Morgan fingerprint density at radius 3 is 2.21 bits per heavy atom. The number of rotatable bonds is 5. The Bertz CT molecular complexity index is 1410. The number of nitrogens with zero attached hydrogens (tertiary/aromatic N) is 3. The van der Waals surface area contributed by atoms with Crippen molar-refractivity contribution in [1.82, 2.24) is 15.0 Å². The molecule has 0 aliphatic carbocycles. The molecule has 0 aliphatic rings. The van der Waals surface area contributed by atoms with Gasteiger partial charge in [-0.15, -0.1) is 0 Å². The summed E-state index contributed by atoms with van der Waals surface area (Å²) >= 11 is 0. The van der Waals surface area contributed by atoms with Crippen molar-refractivity contribution in [3.63, 3.8) is 0 Å². The van der Waals surface area contributed by atoms with Crippen LogP contribution in [-0.4, -0.2) is 38.7 Å². The van der Waals surface area contributed by atoms with Crippen molar-refractivity contribution in [3.05, 3.63) is 78.2 Å². The molecule has 0 bridgehead atoms. The van der Waals surface area contributed by atoms with E-state index in [0.29, 0.717) is 28.2 Å². The van der Waals surface area contributed by atoms with Crippen molar-refractivity contribution in [1.29, 1.82) is 0 Å². The van der Waals surface area contributed by atoms with Gasteiger partial charge in [-0.25, -0.2) is 19.7 Å².